The molecule has 10 heteroatoms. The lowest BCUT2D eigenvalue weighted by Gasteiger charge is -2.29. The zero-order valence-corrected chi connectivity index (χ0v) is 19.1. The number of halogens is 4. The molecule has 0 aromatic carbocycles. The van der Waals surface area contributed by atoms with Gasteiger partial charge < -0.3 is 15.6 Å². The second-order valence-electron chi connectivity index (χ2n) is 8.64. The lowest BCUT2D eigenvalue weighted by Crippen LogP contribution is -2.38. The van der Waals surface area contributed by atoms with Crippen LogP contribution in [0.2, 0.25) is 5.15 Å². The number of nitrogens with one attached hydrogen (secondary N) is 3. The van der Waals surface area contributed by atoms with E-state index in [0.717, 1.165) is 66.3 Å². The lowest BCUT2D eigenvalue weighted by atomic mass is 9.86. The van der Waals surface area contributed by atoms with Crippen LogP contribution < -0.4 is 10.6 Å². The summed E-state index contributed by atoms with van der Waals surface area (Å²) >= 11 is 5.88. The van der Waals surface area contributed by atoms with E-state index in [1.165, 1.54) is 0 Å². The third-order valence-electron chi connectivity index (χ3n) is 6.14. The fraction of sp³-hybridized carbons (Fsp3) is 0.435. The highest BCUT2D eigenvalue weighted by molar-refractivity contribution is 6.32. The lowest BCUT2D eigenvalue weighted by molar-refractivity contribution is -0.137. The molecule has 0 spiro atoms. The fourth-order valence-corrected chi connectivity index (χ4v) is 4.61. The van der Waals surface area contributed by atoms with Crippen molar-refractivity contribution < 1.29 is 18.0 Å². The quantitative estimate of drug-likeness (QED) is 0.413. The molecule has 33 heavy (non-hydrogen) atoms. The van der Waals surface area contributed by atoms with Gasteiger partial charge in [0.2, 0.25) is 0 Å². The Hall–Kier alpha value is -2.81. The van der Waals surface area contributed by atoms with Crippen molar-refractivity contribution in [3.63, 3.8) is 0 Å². The van der Waals surface area contributed by atoms with Crippen LogP contribution in [0.1, 0.15) is 52.9 Å². The Balaban J connectivity index is 1.31. The molecule has 3 heterocycles. The van der Waals surface area contributed by atoms with Crippen molar-refractivity contribution in [3.8, 4) is 0 Å². The minimum Gasteiger partial charge on any atom is -0.383 e. The van der Waals surface area contributed by atoms with Crippen molar-refractivity contribution in [3.05, 3.63) is 52.1 Å². The molecule has 3 aromatic heterocycles. The minimum absolute atomic E-state index is 0.109. The Morgan fingerprint density at radius 3 is 2.64 bits per heavy atom. The Kier molecular flexibility index (Phi) is 6.52. The Bertz CT molecular complexity index is 1170. The molecule has 4 rings (SSSR count). The van der Waals surface area contributed by atoms with Gasteiger partial charge >= 0.3 is 6.18 Å². The molecule has 3 aromatic rings. The number of fused-ring (bicyclic) bond motifs is 1. The number of aromatic amines is 1. The fourth-order valence-electron chi connectivity index (χ4n) is 4.42. The topological polar surface area (TPSA) is 82.7 Å². The predicted molar refractivity (Wildman–Crippen MR) is 122 cm³/mol. The summed E-state index contributed by atoms with van der Waals surface area (Å²) in [4.78, 5) is 23.8. The van der Waals surface area contributed by atoms with Crippen LogP contribution >= 0.6 is 11.6 Å². The molecule has 1 aliphatic rings. The highest BCUT2D eigenvalue weighted by Gasteiger charge is 2.33. The van der Waals surface area contributed by atoms with Crippen LogP contribution in [0.4, 0.5) is 18.9 Å². The van der Waals surface area contributed by atoms with Gasteiger partial charge in [0.15, 0.2) is 0 Å². The number of hydrogen-bond donors (Lipinski definition) is 3. The van der Waals surface area contributed by atoms with Crippen LogP contribution in [-0.2, 0) is 6.18 Å². The normalized spacial score (nSPS) is 19.0. The molecule has 0 aliphatic heterocycles. The SMILES string of the molecule is Cc1cc(C)c2c(NCC3CCC(NC(=O)c4cc(C(F)(F)F)cnc4Cl)CC3)c[nH]c2n1. The first kappa shape index (κ1) is 23.4. The average Bonchev–Trinajstić information content (AvgIpc) is 3.15. The van der Waals surface area contributed by atoms with Gasteiger partial charge in [-0.1, -0.05) is 11.6 Å². The number of pyridine rings is 2. The van der Waals surface area contributed by atoms with Gasteiger partial charge in [-0.25, -0.2) is 9.97 Å². The number of aryl methyl sites for hydroxylation is 2. The number of aromatic nitrogens is 3. The summed E-state index contributed by atoms with van der Waals surface area (Å²) in [6, 6.07) is 2.70. The van der Waals surface area contributed by atoms with Crippen molar-refractivity contribution in [2.75, 3.05) is 11.9 Å². The summed E-state index contributed by atoms with van der Waals surface area (Å²) in [5, 5.41) is 7.19. The molecule has 1 amide bonds. The summed E-state index contributed by atoms with van der Waals surface area (Å²) in [6.45, 7) is 4.83. The van der Waals surface area contributed by atoms with Gasteiger partial charge in [0.1, 0.15) is 10.8 Å². The van der Waals surface area contributed by atoms with Crippen molar-refractivity contribution >= 4 is 34.2 Å². The van der Waals surface area contributed by atoms with Gasteiger partial charge in [-0.2, -0.15) is 13.2 Å². The Morgan fingerprint density at radius 2 is 1.94 bits per heavy atom. The van der Waals surface area contributed by atoms with Gasteiger partial charge in [-0.05, 0) is 63.1 Å². The first-order chi connectivity index (χ1) is 15.6. The van der Waals surface area contributed by atoms with Gasteiger partial charge in [0, 0.05) is 36.1 Å². The van der Waals surface area contributed by atoms with E-state index in [9.17, 15) is 18.0 Å². The number of nitrogens with zero attached hydrogens (tertiary/aromatic N) is 2. The van der Waals surface area contributed by atoms with Crippen LogP contribution in [0.5, 0.6) is 0 Å². The largest absolute Gasteiger partial charge is 0.417 e. The number of carbonyl (C=O) groups excluding carboxylic acids is 1. The molecule has 0 bridgehead atoms. The summed E-state index contributed by atoms with van der Waals surface area (Å²) in [5.74, 6) is -0.196. The van der Waals surface area contributed by atoms with E-state index in [0.29, 0.717) is 12.1 Å². The van der Waals surface area contributed by atoms with Crippen LogP contribution in [-0.4, -0.2) is 33.4 Å². The van der Waals surface area contributed by atoms with Crippen molar-refractivity contribution in [1.29, 1.82) is 0 Å². The highest BCUT2D eigenvalue weighted by atomic mass is 35.5. The number of carbonyl (C=O) groups is 1. The monoisotopic (exact) mass is 479 g/mol. The molecular formula is C23H25ClF3N5O. The molecule has 0 saturated heterocycles. The zero-order valence-electron chi connectivity index (χ0n) is 18.3. The molecule has 1 fully saturated rings. The third kappa shape index (κ3) is 5.24. The van der Waals surface area contributed by atoms with E-state index < -0.39 is 17.6 Å². The van der Waals surface area contributed by atoms with E-state index >= 15 is 0 Å². The molecule has 1 aliphatic carbocycles. The van der Waals surface area contributed by atoms with Crippen molar-refractivity contribution in [1.82, 2.24) is 20.3 Å². The maximum Gasteiger partial charge on any atom is 0.417 e. The molecule has 0 atom stereocenters. The maximum absolute atomic E-state index is 12.9. The van der Waals surface area contributed by atoms with Gasteiger partial charge in [-0.3, -0.25) is 4.79 Å². The Morgan fingerprint density at radius 1 is 1.21 bits per heavy atom. The highest BCUT2D eigenvalue weighted by Crippen LogP contribution is 2.32. The molecule has 176 valence electrons. The number of alkyl halides is 3. The third-order valence-corrected chi connectivity index (χ3v) is 6.44. The first-order valence-corrected chi connectivity index (χ1v) is 11.2. The molecule has 0 radical (unpaired) electrons. The van der Waals surface area contributed by atoms with Gasteiger partial charge in [0.05, 0.1) is 16.8 Å². The molecule has 0 unspecified atom stereocenters. The standard InChI is InChI=1S/C23H25ClF3N5O/c1-12-7-13(2)31-21-19(12)18(11-30-21)28-9-14-3-5-16(6-4-14)32-22(33)17-8-15(23(25,26)27)10-29-20(17)24/h7-8,10-11,14,16,28H,3-6,9H2,1-2H3,(H,30,31)(H,32,33). The molecular weight excluding hydrogens is 455 g/mol. The van der Waals surface area contributed by atoms with E-state index in [2.05, 4.69) is 38.6 Å². The first-order valence-electron chi connectivity index (χ1n) is 10.8. The zero-order chi connectivity index (χ0) is 23.8. The van der Waals surface area contributed by atoms with Crippen molar-refractivity contribution in [2.24, 2.45) is 5.92 Å². The number of amides is 1. The number of anilines is 1. The van der Waals surface area contributed by atoms with Crippen LogP contribution in [0.15, 0.2) is 24.5 Å². The van der Waals surface area contributed by atoms with E-state index in [1.54, 1.807) is 0 Å². The van der Waals surface area contributed by atoms with Gasteiger partial charge in [0.25, 0.3) is 5.91 Å². The van der Waals surface area contributed by atoms with E-state index in [-0.39, 0.29) is 16.8 Å². The molecule has 6 nitrogen and oxygen atoms in total. The molecule has 1 saturated carbocycles. The Labute approximate surface area is 194 Å². The summed E-state index contributed by atoms with van der Waals surface area (Å²) in [5.41, 5.74) is 2.77. The van der Waals surface area contributed by atoms with E-state index in [1.807, 2.05) is 13.1 Å². The number of H-pyrrole nitrogens is 1. The number of rotatable bonds is 5. The second kappa shape index (κ2) is 9.21. The minimum atomic E-state index is -4.59. The molecule has 3 N–H and O–H groups in total. The predicted octanol–water partition coefficient (Wildman–Crippen LogP) is 5.65. The summed E-state index contributed by atoms with van der Waals surface area (Å²) < 4.78 is 38.8. The van der Waals surface area contributed by atoms with Crippen LogP contribution in [0.3, 0.4) is 0 Å². The second-order valence-corrected chi connectivity index (χ2v) is 9.00. The van der Waals surface area contributed by atoms with Gasteiger partial charge in [-0.15, -0.1) is 0 Å². The smallest absolute Gasteiger partial charge is 0.383 e. The van der Waals surface area contributed by atoms with Crippen LogP contribution in [0, 0.1) is 19.8 Å². The maximum atomic E-state index is 12.9. The summed E-state index contributed by atoms with van der Waals surface area (Å²) in [7, 11) is 0. The van der Waals surface area contributed by atoms with Crippen LogP contribution in [0.25, 0.3) is 11.0 Å². The number of hydrogen-bond acceptors (Lipinski definition) is 4. The summed E-state index contributed by atoms with van der Waals surface area (Å²) in [6.07, 6.45) is 1.25. The van der Waals surface area contributed by atoms with Crippen molar-refractivity contribution in [2.45, 2.75) is 51.7 Å². The average molecular weight is 480 g/mol. The van der Waals surface area contributed by atoms with E-state index in [4.69, 9.17) is 11.6 Å².